The number of aromatic amines is 1. The van der Waals surface area contributed by atoms with Crippen molar-refractivity contribution in [3.05, 3.63) is 74.4 Å². The van der Waals surface area contributed by atoms with Crippen LogP contribution < -0.4 is 15.6 Å². The number of halogens is 2. The van der Waals surface area contributed by atoms with Crippen molar-refractivity contribution in [3.63, 3.8) is 0 Å². The highest BCUT2D eigenvalue weighted by molar-refractivity contribution is 6.30. The summed E-state index contributed by atoms with van der Waals surface area (Å²) in [5.41, 5.74) is 1.00. The molecule has 4 rings (SSSR count). The number of amides is 1. The third-order valence-electron chi connectivity index (χ3n) is 6.19. The Balaban J connectivity index is 2.01. The lowest BCUT2D eigenvalue weighted by Gasteiger charge is -2.22. The number of hydrogen-bond acceptors (Lipinski definition) is 5. The number of pyridine rings is 2. The number of aliphatic hydroxyl groups is 1. The standard InChI is InChI=1S/C27H28ClFN4O4/c1-6-30-24(34)21-10-18-20(12-33(5)26(35)22(18)32-21)19-9-16(27(4,36)13-29)11-31-25(19)37-23-14(2)7-17(28)8-15(23)3/h7-12,32,36H,6,13H2,1-5H3,(H,30,34). The Morgan fingerprint density at radius 2 is 1.92 bits per heavy atom. The lowest BCUT2D eigenvalue weighted by atomic mass is 9.95. The second kappa shape index (κ2) is 9.99. The molecule has 1 aromatic carbocycles. The van der Waals surface area contributed by atoms with Gasteiger partial charge in [0.25, 0.3) is 11.5 Å². The minimum Gasteiger partial charge on any atom is -0.438 e. The van der Waals surface area contributed by atoms with E-state index >= 15 is 0 Å². The summed E-state index contributed by atoms with van der Waals surface area (Å²) in [5, 5.41) is 14.4. The molecule has 194 valence electrons. The molecule has 0 radical (unpaired) electrons. The topological polar surface area (TPSA) is 109 Å². The predicted octanol–water partition coefficient (Wildman–Crippen LogP) is 4.92. The Bertz CT molecular complexity index is 1550. The number of nitrogens with one attached hydrogen (secondary N) is 2. The van der Waals surface area contributed by atoms with Crippen LogP contribution in [-0.2, 0) is 12.6 Å². The fraction of sp³-hybridized carbons (Fsp3) is 0.296. The fourth-order valence-corrected chi connectivity index (χ4v) is 4.51. The number of carbonyl (C=O) groups excluding carboxylic acids is 1. The highest BCUT2D eigenvalue weighted by Crippen LogP contribution is 2.39. The number of alkyl halides is 1. The van der Waals surface area contributed by atoms with Crippen LogP contribution in [0.25, 0.3) is 22.0 Å². The molecule has 0 aliphatic heterocycles. The molecule has 1 atom stereocenters. The number of carbonyl (C=O) groups is 1. The van der Waals surface area contributed by atoms with Crippen LogP contribution >= 0.6 is 11.6 Å². The van der Waals surface area contributed by atoms with E-state index in [-0.39, 0.29) is 34.1 Å². The van der Waals surface area contributed by atoms with Gasteiger partial charge in [-0.15, -0.1) is 0 Å². The van der Waals surface area contributed by atoms with Crippen molar-refractivity contribution in [2.45, 2.75) is 33.3 Å². The van der Waals surface area contributed by atoms with Crippen molar-refractivity contribution >= 4 is 28.4 Å². The smallest absolute Gasteiger partial charge is 0.274 e. The van der Waals surface area contributed by atoms with Crippen molar-refractivity contribution in [1.82, 2.24) is 19.9 Å². The minimum atomic E-state index is -1.80. The summed E-state index contributed by atoms with van der Waals surface area (Å²) in [5.74, 6) is 0.358. The summed E-state index contributed by atoms with van der Waals surface area (Å²) in [6.07, 6.45) is 2.95. The molecular weight excluding hydrogens is 499 g/mol. The molecule has 0 fully saturated rings. The van der Waals surface area contributed by atoms with Gasteiger partial charge in [0.05, 0.1) is 0 Å². The number of fused-ring (bicyclic) bond motifs is 1. The summed E-state index contributed by atoms with van der Waals surface area (Å²) in [7, 11) is 1.58. The lowest BCUT2D eigenvalue weighted by molar-refractivity contribution is 0.0296. The molecule has 4 aromatic rings. The third kappa shape index (κ3) is 4.97. The molecule has 8 nitrogen and oxygen atoms in total. The van der Waals surface area contributed by atoms with Crippen molar-refractivity contribution in [3.8, 4) is 22.8 Å². The van der Waals surface area contributed by atoms with Crippen molar-refractivity contribution in [1.29, 1.82) is 0 Å². The molecule has 1 unspecified atom stereocenters. The van der Waals surface area contributed by atoms with E-state index in [9.17, 15) is 19.1 Å². The zero-order chi connectivity index (χ0) is 27.1. The zero-order valence-electron chi connectivity index (χ0n) is 21.2. The van der Waals surface area contributed by atoms with Gasteiger partial charge in [0, 0.05) is 53.1 Å². The molecule has 0 saturated carbocycles. The molecule has 0 bridgehead atoms. The maximum atomic E-state index is 13.7. The monoisotopic (exact) mass is 526 g/mol. The van der Waals surface area contributed by atoms with Gasteiger partial charge in [0.2, 0.25) is 5.88 Å². The molecule has 37 heavy (non-hydrogen) atoms. The summed E-state index contributed by atoms with van der Waals surface area (Å²) in [6.45, 7) is 6.24. The third-order valence-corrected chi connectivity index (χ3v) is 6.41. The first-order chi connectivity index (χ1) is 17.5. The van der Waals surface area contributed by atoms with E-state index in [2.05, 4.69) is 15.3 Å². The molecule has 0 aliphatic carbocycles. The molecule has 0 saturated heterocycles. The van der Waals surface area contributed by atoms with Gasteiger partial charge in [0.15, 0.2) is 0 Å². The van der Waals surface area contributed by atoms with Crippen LogP contribution in [0.2, 0.25) is 5.02 Å². The Kier molecular flexibility index (Phi) is 7.12. The van der Waals surface area contributed by atoms with Crippen LogP contribution in [0.4, 0.5) is 4.39 Å². The summed E-state index contributed by atoms with van der Waals surface area (Å²) < 4.78 is 21.3. The van der Waals surface area contributed by atoms with E-state index < -0.39 is 12.3 Å². The average Bonchev–Trinajstić information content (AvgIpc) is 3.30. The van der Waals surface area contributed by atoms with E-state index in [0.29, 0.717) is 33.8 Å². The second-order valence-electron chi connectivity index (χ2n) is 9.24. The Labute approximate surface area is 218 Å². The predicted molar refractivity (Wildman–Crippen MR) is 141 cm³/mol. The minimum absolute atomic E-state index is 0.174. The summed E-state index contributed by atoms with van der Waals surface area (Å²) >= 11 is 6.18. The number of rotatable bonds is 7. The van der Waals surface area contributed by atoms with Crippen molar-refractivity contribution in [2.24, 2.45) is 7.05 Å². The van der Waals surface area contributed by atoms with E-state index in [1.807, 2.05) is 13.8 Å². The van der Waals surface area contributed by atoms with E-state index in [4.69, 9.17) is 16.3 Å². The lowest BCUT2D eigenvalue weighted by Crippen LogP contribution is -2.24. The first-order valence-electron chi connectivity index (χ1n) is 11.7. The normalized spacial score (nSPS) is 13.0. The molecule has 0 spiro atoms. The molecule has 10 heteroatoms. The molecule has 3 aromatic heterocycles. The van der Waals surface area contributed by atoms with Crippen molar-refractivity contribution < 1.29 is 19.0 Å². The number of nitrogens with zero attached hydrogens (tertiary/aromatic N) is 2. The Morgan fingerprint density at radius 1 is 1.24 bits per heavy atom. The van der Waals surface area contributed by atoms with Gasteiger partial charge in [0.1, 0.15) is 29.2 Å². The Hall–Kier alpha value is -3.69. The molecule has 0 aliphatic rings. The first-order valence-corrected chi connectivity index (χ1v) is 12.1. The first kappa shape index (κ1) is 26.4. The average molecular weight is 527 g/mol. The maximum Gasteiger partial charge on any atom is 0.274 e. The van der Waals surface area contributed by atoms with E-state index in [0.717, 1.165) is 11.1 Å². The number of aryl methyl sites for hydroxylation is 3. The van der Waals surface area contributed by atoms with Crippen LogP contribution in [0.1, 0.15) is 41.0 Å². The summed E-state index contributed by atoms with van der Waals surface area (Å²) in [6, 6.07) is 6.70. The number of ether oxygens (including phenoxy) is 1. The number of aromatic nitrogens is 3. The maximum absolute atomic E-state index is 13.7. The SMILES string of the molecule is CCNC(=O)c1cc2c(-c3cc(C(C)(O)CF)cnc3Oc3c(C)cc(Cl)cc3C)cn(C)c(=O)c2[nH]1. The van der Waals surface area contributed by atoms with Crippen LogP contribution in [0, 0.1) is 13.8 Å². The highest BCUT2D eigenvalue weighted by atomic mass is 35.5. The van der Waals surface area contributed by atoms with Crippen LogP contribution in [0.5, 0.6) is 11.6 Å². The van der Waals surface area contributed by atoms with E-state index in [1.54, 1.807) is 44.4 Å². The van der Waals surface area contributed by atoms with Gasteiger partial charge in [-0.2, -0.15) is 0 Å². The van der Waals surface area contributed by atoms with Crippen LogP contribution in [0.15, 0.2) is 41.5 Å². The largest absolute Gasteiger partial charge is 0.438 e. The van der Waals surface area contributed by atoms with Gasteiger partial charge in [-0.1, -0.05) is 11.6 Å². The molecule has 3 N–H and O–H groups in total. The second-order valence-corrected chi connectivity index (χ2v) is 9.68. The number of hydrogen-bond donors (Lipinski definition) is 3. The molecule has 1 amide bonds. The highest BCUT2D eigenvalue weighted by Gasteiger charge is 2.27. The summed E-state index contributed by atoms with van der Waals surface area (Å²) in [4.78, 5) is 32.8. The van der Waals surface area contributed by atoms with E-state index in [1.165, 1.54) is 17.7 Å². The van der Waals surface area contributed by atoms with Crippen molar-refractivity contribution in [2.75, 3.05) is 13.2 Å². The van der Waals surface area contributed by atoms with Gasteiger partial charge in [-0.25, -0.2) is 9.37 Å². The fourth-order valence-electron chi connectivity index (χ4n) is 4.18. The molecular formula is C27H28ClFN4O4. The van der Waals surface area contributed by atoms with Crippen LogP contribution in [-0.4, -0.2) is 38.8 Å². The zero-order valence-corrected chi connectivity index (χ0v) is 22.0. The van der Waals surface area contributed by atoms with Gasteiger partial charge >= 0.3 is 0 Å². The quantitative estimate of drug-likeness (QED) is 0.317. The number of benzene rings is 1. The molecule has 3 heterocycles. The van der Waals surface area contributed by atoms with Crippen LogP contribution in [0.3, 0.4) is 0 Å². The van der Waals surface area contributed by atoms with Gasteiger partial charge in [-0.05, 0) is 63.1 Å². The number of H-pyrrole nitrogens is 1. The van der Waals surface area contributed by atoms with Gasteiger partial charge in [-0.3, -0.25) is 9.59 Å². The van der Waals surface area contributed by atoms with Gasteiger partial charge < -0.3 is 24.7 Å². The Morgan fingerprint density at radius 3 is 2.54 bits per heavy atom.